The molecule has 1 aliphatic rings. The minimum atomic E-state index is -0.805. The first-order valence-corrected chi connectivity index (χ1v) is 9.35. The number of nitrogens with zero attached hydrogens (tertiary/aromatic N) is 4. The van der Waals surface area contributed by atoms with Crippen molar-refractivity contribution in [2.24, 2.45) is 0 Å². The maximum absolute atomic E-state index is 14.1. The Bertz CT molecular complexity index is 1120. The van der Waals surface area contributed by atoms with Gasteiger partial charge in [-0.1, -0.05) is 6.92 Å². The summed E-state index contributed by atoms with van der Waals surface area (Å²) in [5, 5.41) is 6.89. The van der Waals surface area contributed by atoms with Crippen LogP contribution in [0.4, 0.5) is 4.39 Å². The van der Waals surface area contributed by atoms with Crippen LogP contribution in [0.3, 0.4) is 0 Å². The molecule has 0 aliphatic carbocycles. The summed E-state index contributed by atoms with van der Waals surface area (Å²) in [6.45, 7) is 3.75. The zero-order valence-corrected chi connectivity index (χ0v) is 16.1. The second kappa shape index (κ2) is 7.63. The van der Waals surface area contributed by atoms with Crippen molar-refractivity contribution in [3.8, 4) is 5.75 Å². The van der Waals surface area contributed by atoms with E-state index < -0.39 is 11.9 Å². The minimum absolute atomic E-state index is 0.00343. The highest BCUT2D eigenvalue weighted by molar-refractivity contribution is 5.92. The Labute approximate surface area is 165 Å². The van der Waals surface area contributed by atoms with Crippen molar-refractivity contribution in [2.45, 2.75) is 26.0 Å². The SMILES string of the molecule is CCc1cn2nc(CN3CC(Oc4ccc(C(=O)NC)nc4F)C3)cc2[nH]c1=O. The van der Waals surface area contributed by atoms with Crippen molar-refractivity contribution in [1.82, 2.24) is 29.8 Å². The molecule has 4 rings (SSSR count). The highest BCUT2D eigenvalue weighted by Crippen LogP contribution is 2.22. The van der Waals surface area contributed by atoms with Gasteiger partial charge in [0.15, 0.2) is 5.75 Å². The number of nitrogens with one attached hydrogen (secondary N) is 2. The summed E-state index contributed by atoms with van der Waals surface area (Å²) in [5.74, 6) is -1.23. The molecular formula is C19H21FN6O3. The number of rotatable bonds is 6. The van der Waals surface area contributed by atoms with Crippen LogP contribution in [-0.4, -0.2) is 56.6 Å². The van der Waals surface area contributed by atoms with E-state index in [4.69, 9.17) is 4.74 Å². The number of fused-ring (bicyclic) bond motifs is 1. The van der Waals surface area contributed by atoms with E-state index in [0.29, 0.717) is 37.3 Å². The highest BCUT2D eigenvalue weighted by Gasteiger charge is 2.30. The Hall–Kier alpha value is -3.27. The summed E-state index contributed by atoms with van der Waals surface area (Å²) in [4.78, 5) is 32.0. The highest BCUT2D eigenvalue weighted by atomic mass is 19.1. The van der Waals surface area contributed by atoms with Crippen molar-refractivity contribution in [1.29, 1.82) is 0 Å². The molecule has 2 N–H and O–H groups in total. The van der Waals surface area contributed by atoms with Crippen molar-refractivity contribution in [2.75, 3.05) is 20.1 Å². The number of likely N-dealkylation sites (tertiary alicyclic amines) is 1. The molecule has 0 bridgehead atoms. The normalized spacial score (nSPS) is 14.7. The van der Waals surface area contributed by atoms with E-state index >= 15 is 0 Å². The quantitative estimate of drug-likeness (QED) is 0.592. The average molecular weight is 400 g/mol. The second-order valence-electron chi connectivity index (χ2n) is 6.93. The van der Waals surface area contributed by atoms with Crippen molar-refractivity contribution in [3.63, 3.8) is 0 Å². The van der Waals surface area contributed by atoms with Gasteiger partial charge in [-0.05, 0) is 18.6 Å². The number of aromatic nitrogens is 4. The zero-order chi connectivity index (χ0) is 20.5. The number of aryl methyl sites for hydroxylation is 1. The van der Waals surface area contributed by atoms with Crippen LogP contribution < -0.4 is 15.6 Å². The number of hydrogen-bond donors (Lipinski definition) is 2. The molecule has 0 saturated carbocycles. The first-order chi connectivity index (χ1) is 14.0. The Morgan fingerprint density at radius 1 is 1.41 bits per heavy atom. The number of hydrogen-bond acceptors (Lipinski definition) is 6. The summed E-state index contributed by atoms with van der Waals surface area (Å²) in [6, 6.07) is 4.69. The molecule has 1 aliphatic heterocycles. The van der Waals surface area contributed by atoms with Gasteiger partial charge in [-0.2, -0.15) is 9.49 Å². The molecule has 0 aromatic carbocycles. The van der Waals surface area contributed by atoms with Crippen LogP contribution >= 0.6 is 0 Å². The lowest BCUT2D eigenvalue weighted by molar-refractivity contribution is 0.0110. The number of H-pyrrole nitrogens is 1. The molecule has 1 fully saturated rings. The van der Waals surface area contributed by atoms with Gasteiger partial charge in [0.2, 0.25) is 0 Å². The van der Waals surface area contributed by atoms with Crippen LogP contribution in [0, 0.1) is 5.95 Å². The third-order valence-electron chi connectivity index (χ3n) is 4.86. The molecule has 3 aromatic heterocycles. The summed E-state index contributed by atoms with van der Waals surface area (Å²) in [5.41, 5.74) is 2.07. The largest absolute Gasteiger partial charge is 0.483 e. The molecule has 10 heteroatoms. The topological polar surface area (TPSA) is 105 Å². The first kappa shape index (κ1) is 19.1. The summed E-state index contributed by atoms with van der Waals surface area (Å²) < 4.78 is 21.4. The minimum Gasteiger partial charge on any atom is -0.483 e. The number of pyridine rings is 1. The molecule has 9 nitrogen and oxygen atoms in total. The van der Waals surface area contributed by atoms with Gasteiger partial charge in [-0.3, -0.25) is 14.5 Å². The fourth-order valence-electron chi connectivity index (χ4n) is 3.27. The van der Waals surface area contributed by atoms with E-state index in [2.05, 4.69) is 25.3 Å². The van der Waals surface area contributed by atoms with Gasteiger partial charge in [0.1, 0.15) is 17.4 Å². The molecule has 1 saturated heterocycles. The zero-order valence-electron chi connectivity index (χ0n) is 16.1. The fraction of sp³-hybridized carbons (Fsp3) is 0.368. The van der Waals surface area contributed by atoms with E-state index in [-0.39, 0.29) is 23.1 Å². The maximum atomic E-state index is 14.1. The molecule has 0 spiro atoms. The lowest BCUT2D eigenvalue weighted by atomic mass is 10.1. The molecule has 152 valence electrons. The summed E-state index contributed by atoms with van der Waals surface area (Å²) in [6.07, 6.45) is 2.22. The number of carbonyl (C=O) groups excluding carboxylic acids is 1. The van der Waals surface area contributed by atoms with E-state index in [1.165, 1.54) is 19.2 Å². The van der Waals surface area contributed by atoms with Crippen LogP contribution in [0.25, 0.3) is 5.65 Å². The summed E-state index contributed by atoms with van der Waals surface area (Å²) >= 11 is 0. The van der Waals surface area contributed by atoms with E-state index in [1.54, 1.807) is 10.7 Å². The van der Waals surface area contributed by atoms with Crippen molar-refractivity contribution >= 4 is 11.6 Å². The molecule has 4 heterocycles. The van der Waals surface area contributed by atoms with Gasteiger partial charge in [-0.15, -0.1) is 0 Å². The standard InChI is InChI=1S/C19H21FN6O3/c1-3-11-7-26-16(23-18(11)27)6-12(24-26)8-25-9-13(10-25)29-15-5-4-14(19(28)21-2)22-17(15)20/h4-7,13H,3,8-10H2,1-2H3,(H,21,28)(H,23,27). The molecular weight excluding hydrogens is 379 g/mol. The smallest absolute Gasteiger partial charge is 0.269 e. The van der Waals surface area contributed by atoms with Gasteiger partial charge in [-0.25, -0.2) is 9.50 Å². The number of aromatic amines is 1. The van der Waals surface area contributed by atoms with Gasteiger partial charge in [0.25, 0.3) is 17.4 Å². The van der Waals surface area contributed by atoms with Crippen LogP contribution in [0.1, 0.15) is 28.7 Å². The van der Waals surface area contributed by atoms with Crippen LogP contribution in [0.5, 0.6) is 5.75 Å². The van der Waals surface area contributed by atoms with Crippen molar-refractivity contribution < 1.29 is 13.9 Å². The third kappa shape index (κ3) is 3.83. The van der Waals surface area contributed by atoms with Gasteiger partial charge < -0.3 is 15.0 Å². The average Bonchev–Trinajstić information content (AvgIpc) is 3.07. The van der Waals surface area contributed by atoms with E-state index in [1.807, 2.05) is 13.0 Å². The van der Waals surface area contributed by atoms with Crippen LogP contribution in [0.15, 0.2) is 29.2 Å². The Balaban J connectivity index is 1.35. The Kier molecular flexibility index (Phi) is 5.01. The Morgan fingerprint density at radius 2 is 2.21 bits per heavy atom. The lowest BCUT2D eigenvalue weighted by Gasteiger charge is -2.38. The van der Waals surface area contributed by atoms with Gasteiger partial charge in [0, 0.05) is 44.5 Å². The maximum Gasteiger partial charge on any atom is 0.269 e. The Morgan fingerprint density at radius 3 is 2.90 bits per heavy atom. The fourth-order valence-corrected chi connectivity index (χ4v) is 3.27. The summed E-state index contributed by atoms with van der Waals surface area (Å²) in [7, 11) is 1.46. The predicted molar refractivity (Wildman–Crippen MR) is 102 cm³/mol. The third-order valence-corrected chi connectivity index (χ3v) is 4.86. The molecule has 29 heavy (non-hydrogen) atoms. The van der Waals surface area contributed by atoms with Crippen molar-refractivity contribution in [3.05, 3.63) is 57.6 Å². The number of ether oxygens (including phenoxy) is 1. The molecule has 0 unspecified atom stereocenters. The van der Waals surface area contributed by atoms with Gasteiger partial charge in [0.05, 0.1) is 5.69 Å². The van der Waals surface area contributed by atoms with Crippen LogP contribution in [0.2, 0.25) is 0 Å². The number of halogens is 1. The van der Waals surface area contributed by atoms with Crippen LogP contribution in [-0.2, 0) is 13.0 Å². The number of amides is 1. The molecule has 1 amide bonds. The lowest BCUT2D eigenvalue weighted by Crippen LogP contribution is -2.53. The van der Waals surface area contributed by atoms with Gasteiger partial charge >= 0.3 is 0 Å². The van der Waals surface area contributed by atoms with E-state index in [9.17, 15) is 14.0 Å². The van der Waals surface area contributed by atoms with E-state index in [0.717, 1.165) is 5.69 Å². The number of carbonyl (C=O) groups is 1. The monoisotopic (exact) mass is 400 g/mol. The first-order valence-electron chi connectivity index (χ1n) is 9.35. The molecule has 0 atom stereocenters. The molecule has 3 aromatic rings. The second-order valence-corrected chi connectivity index (χ2v) is 6.93. The predicted octanol–water partition coefficient (Wildman–Crippen LogP) is 0.742. The molecule has 0 radical (unpaired) electrons.